The van der Waals surface area contributed by atoms with Gasteiger partial charge in [0.2, 0.25) is 0 Å². The molecule has 1 unspecified atom stereocenters. The van der Waals surface area contributed by atoms with E-state index in [2.05, 4.69) is 6.58 Å². The van der Waals surface area contributed by atoms with E-state index in [1.165, 1.54) is 0 Å². The highest BCUT2D eigenvalue weighted by molar-refractivity contribution is 5.87. The van der Waals surface area contributed by atoms with Crippen LogP contribution in [0.4, 0.5) is 0 Å². The van der Waals surface area contributed by atoms with E-state index in [9.17, 15) is 9.59 Å². The molecule has 0 aliphatic carbocycles. The maximum absolute atomic E-state index is 11.3. The Kier molecular flexibility index (Phi) is 3.17. The van der Waals surface area contributed by atoms with Crippen LogP contribution in [0.1, 0.15) is 33.6 Å². The third kappa shape index (κ3) is 2.81. The molecule has 0 saturated carbocycles. The molecule has 4 heteroatoms. The van der Waals surface area contributed by atoms with Crippen molar-refractivity contribution in [3.63, 3.8) is 0 Å². The van der Waals surface area contributed by atoms with Crippen LogP contribution in [0.5, 0.6) is 0 Å². The molecule has 0 amide bonds. The van der Waals surface area contributed by atoms with E-state index in [1.54, 1.807) is 20.8 Å². The van der Waals surface area contributed by atoms with Crippen LogP contribution in [-0.2, 0) is 19.1 Å². The second-order valence-electron chi connectivity index (χ2n) is 4.29. The van der Waals surface area contributed by atoms with Crippen LogP contribution < -0.4 is 0 Å². The molecule has 1 atom stereocenters. The maximum atomic E-state index is 11.3. The van der Waals surface area contributed by atoms with Gasteiger partial charge in [0, 0.05) is 12.0 Å². The Hall–Kier alpha value is -1.32. The fraction of sp³-hybridized carbons (Fsp3) is 0.636. The highest BCUT2D eigenvalue weighted by atomic mass is 16.6. The summed E-state index contributed by atoms with van der Waals surface area (Å²) in [5, 5.41) is 0. The first-order valence-corrected chi connectivity index (χ1v) is 4.91. The van der Waals surface area contributed by atoms with Crippen molar-refractivity contribution < 1.29 is 19.1 Å². The van der Waals surface area contributed by atoms with Crippen LogP contribution in [0.2, 0.25) is 0 Å². The molecule has 1 aliphatic rings. The zero-order valence-electron chi connectivity index (χ0n) is 9.33. The van der Waals surface area contributed by atoms with Gasteiger partial charge >= 0.3 is 11.9 Å². The third-order valence-corrected chi connectivity index (χ3v) is 2.36. The van der Waals surface area contributed by atoms with Crippen LogP contribution >= 0.6 is 0 Å². The summed E-state index contributed by atoms with van der Waals surface area (Å²) < 4.78 is 10.3. The monoisotopic (exact) mass is 212 g/mol. The molecule has 1 aliphatic heterocycles. The number of esters is 2. The van der Waals surface area contributed by atoms with Gasteiger partial charge in [0.05, 0.1) is 0 Å². The van der Waals surface area contributed by atoms with Crippen LogP contribution in [0.25, 0.3) is 0 Å². The summed E-state index contributed by atoms with van der Waals surface area (Å²) in [5.41, 5.74) is -0.449. The van der Waals surface area contributed by atoms with Crippen molar-refractivity contribution in [1.82, 2.24) is 0 Å². The number of hydrogen-bond donors (Lipinski definition) is 0. The largest absolute Gasteiger partial charge is 0.458 e. The van der Waals surface area contributed by atoms with Crippen molar-refractivity contribution in [1.29, 1.82) is 0 Å². The molecule has 0 bridgehead atoms. The summed E-state index contributed by atoms with van der Waals surface area (Å²) in [6.45, 7) is 8.55. The van der Waals surface area contributed by atoms with Gasteiger partial charge in [0.25, 0.3) is 0 Å². The van der Waals surface area contributed by atoms with Gasteiger partial charge in [0.15, 0.2) is 0 Å². The molecule has 1 rings (SSSR count). The lowest BCUT2D eigenvalue weighted by Gasteiger charge is -2.29. The molecule has 0 aromatic rings. The normalized spacial score (nSPS) is 21.0. The average Bonchev–Trinajstić information content (AvgIpc) is 2.51. The fourth-order valence-corrected chi connectivity index (χ4v) is 1.41. The van der Waals surface area contributed by atoms with E-state index in [-0.39, 0.29) is 12.1 Å². The van der Waals surface area contributed by atoms with Gasteiger partial charge in [-0.05, 0) is 27.2 Å². The Labute approximate surface area is 89.2 Å². The lowest BCUT2D eigenvalue weighted by atomic mass is 9.99. The van der Waals surface area contributed by atoms with Gasteiger partial charge in [-0.1, -0.05) is 6.58 Å². The van der Waals surface area contributed by atoms with E-state index >= 15 is 0 Å². The minimum absolute atomic E-state index is 0.237. The molecular formula is C11H16O4. The number of rotatable bonds is 3. The van der Waals surface area contributed by atoms with E-state index in [0.717, 1.165) is 0 Å². The molecule has 84 valence electrons. The van der Waals surface area contributed by atoms with E-state index in [0.29, 0.717) is 18.4 Å². The quantitative estimate of drug-likeness (QED) is 0.526. The number of carbonyl (C=O) groups is 2. The van der Waals surface area contributed by atoms with Crippen molar-refractivity contribution in [2.75, 3.05) is 0 Å². The van der Waals surface area contributed by atoms with Gasteiger partial charge in [-0.3, -0.25) is 4.79 Å². The molecule has 4 nitrogen and oxygen atoms in total. The van der Waals surface area contributed by atoms with Crippen LogP contribution in [0.3, 0.4) is 0 Å². The number of cyclic esters (lactones) is 1. The molecule has 15 heavy (non-hydrogen) atoms. The van der Waals surface area contributed by atoms with Crippen molar-refractivity contribution in [3.05, 3.63) is 12.2 Å². The molecular weight excluding hydrogens is 196 g/mol. The summed E-state index contributed by atoms with van der Waals surface area (Å²) >= 11 is 0. The molecule has 0 aromatic carbocycles. The van der Waals surface area contributed by atoms with Crippen LogP contribution in [0, 0.1) is 0 Å². The zero-order chi connectivity index (χ0) is 11.6. The van der Waals surface area contributed by atoms with Crippen LogP contribution in [-0.4, -0.2) is 23.6 Å². The SMILES string of the molecule is C=C(C)C(=O)OC(C)(C)C1CCC(=O)O1. The first-order chi connectivity index (χ1) is 6.83. The molecule has 0 spiro atoms. The van der Waals surface area contributed by atoms with Gasteiger partial charge < -0.3 is 9.47 Å². The summed E-state index contributed by atoms with van der Waals surface area (Å²) in [6.07, 6.45) is 0.627. The number of hydrogen-bond acceptors (Lipinski definition) is 4. The lowest BCUT2D eigenvalue weighted by Crippen LogP contribution is -2.40. The van der Waals surface area contributed by atoms with Crippen molar-refractivity contribution in [3.8, 4) is 0 Å². The van der Waals surface area contributed by atoms with Crippen molar-refractivity contribution >= 4 is 11.9 Å². The number of carbonyl (C=O) groups excluding carboxylic acids is 2. The average molecular weight is 212 g/mol. The third-order valence-electron chi connectivity index (χ3n) is 2.36. The van der Waals surface area contributed by atoms with Gasteiger partial charge in [-0.2, -0.15) is 0 Å². The lowest BCUT2D eigenvalue weighted by molar-refractivity contribution is -0.170. The Morgan fingerprint density at radius 3 is 2.60 bits per heavy atom. The zero-order valence-corrected chi connectivity index (χ0v) is 9.33. The smallest absolute Gasteiger partial charge is 0.333 e. The first kappa shape index (κ1) is 11.8. The molecule has 0 radical (unpaired) electrons. The topological polar surface area (TPSA) is 52.6 Å². The van der Waals surface area contributed by atoms with Crippen molar-refractivity contribution in [2.24, 2.45) is 0 Å². The Bertz CT molecular complexity index is 304. The highest BCUT2D eigenvalue weighted by Gasteiger charge is 2.40. The molecule has 0 aromatic heterocycles. The first-order valence-electron chi connectivity index (χ1n) is 4.91. The Morgan fingerprint density at radius 1 is 1.60 bits per heavy atom. The molecule has 1 fully saturated rings. The Morgan fingerprint density at radius 2 is 2.20 bits per heavy atom. The Balaban J connectivity index is 2.62. The maximum Gasteiger partial charge on any atom is 0.333 e. The summed E-state index contributed by atoms with van der Waals surface area (Å²) in [6, 6.07) is 0. The summed E-state index contributed by atoms with van der Waals surface area (Å²) in [5.74, 6) is -0.692. The van der Waals surface area contributed by atoms with Gasteiger partial charge in [0.1, 0.15) is 11.7 Å². The molecule has 1 heterocycles. The predicted molar refractivity (Wildman–Crippen MR) is 54.1 cm³/mol. The minimum atomic E-state index is -0.789. The standard InChI is InChI=1S/C11H16O4/c1-7(2)10(13)15-11(3,4)8-5-6-9(12)14-8/h8H,1,5-6H2,2-4H3. The summed E-state index contributed by atoms with van der Waals surface area (Å²) in [4.78, 5) is 22.3. The highest BCUT2D eigenvalue weighted by Crippen LogP contribution is 2.28. The van der Waals surface area contributed by atoms with Gasteiger partial charge in [-0.15, -0.1) is 0 Å². The number of ether oxygens (including phenoxy) is 2. The molecule has 1 saturated heterocycles. The van der Waals surface area contributed by atoms with E-state index in [1.807, 2.05) is 0 Å². The second kappa shape index (κ2) is 4.04. The van der Waals surface area contributed by atoms with Gasteiger partial charge in [-0.25, -0.2) is 4.79 Å². The fourth-order valence-electron chi connectivity index (χ4n) is 1.41. The van der Waals surface area contributed by atoms with Crippen molar-refractivity contribution in [2.45, 2.75) is 45.3 Å². The van der Waals surface area contributed by atoms with E-state index in [4.69, 9.17) is 9.47 Å². The minimum Gasteiger partial charge on any atom is -0.458 e. The predicted octanol–water partition coefficient (Wildman–Crippen LogP) is 1.59. The molecule has 0 N–H and O–H groups in total. The summed E-state index contributed by atoms with van der Waals surface area (Å²) in [7, 11) is 0. The second-order valence-corrected chi connectivity index (χ2v) is 4.29. The van der Waals surface area contributed by atoms with Crippen LogP contribution in [0.15, 0.2) is 12.2 Å². The van der Waals surface area contributed by atoms with E-state index < -0.39 is 11.6 Å².